The first-order valence-corrected chi connectivity index (χ1v) is 7.82. The van der Waals surface area contributed by atoms with E-state index in [1.165, 1.54) is 22.3 Å². The minimum atomic E-state index is 0.533. The van der Waals surface area contributed by atoms with Crippen molar-refractivity contribution >= 4 is 17.7 Å². The molecule has 0 aliphatic heterocycles. The third-order valence-electron chi connectivity index (χ3n) is 3.55. The van der Waals surface area contributed by atoms with Crippen molar-refractivity contribution in [1.82, 2.24) is 0 Å². The molecule has 0 nitrogen and oxygen atoms in total. The van der Waals surface area contributed by atoms with Gasteiger partial charge in [0.25, 0.3) is 0 Å². The quantitative estimate of drug-likeness (QED) is 0.554. The molecule has 0 aliphatic rings. The van der Waals surface area contributed by atoms with Crippen LogP contribution in [0.4, 0.5) is 0 Å². The van der Waals surface area contributed by atoms with Crippen LogP contribution in [-0.2, 0) is 0 Å². The van der Waals surface area contributed by atoms with E-state index in [4.69, 9.17) is 11.6 Å². The molecule has 0 saturated heterocycles. The predicted octanol–water partition coefficient (Wildman–Crippen LogP) is 6.31. The topological polar surface area (TPSA) is 0 Å². The second kappa shape index (κ2) is 7.14. The van der Waals surface area contributed by atoms with Crippen LogP contribution in [-0.4, -0.2) is 5.88 Å². The lowest BCUT2D eigenvalue weighted by molar-refractivity contribution is 0.801. The molecule has 0 radical (unpaired) electrons. The molecule has 106 valence electrons. The zero-order valence-electron chi connectivity index (χ0n) is 13.1. The molecule has 0 aliphatic carbocycles. The number of benzene rings is 1. The molecular weight excluding hydrogens is 252 g/mol. The van der Waals surface area contributed by atoms with Crippen LogP contribution in [0.25, 0.3) is 6.08 Å². The number of hydrogen-bond donors (Lipinski definition) is 0. The number of halogens is 1. The van der Waals surface area contributed by atoms with E-state index in [1.54, 1.807) is 0 Å². The number of rotatable bonds is 5. The Labute approximate surface area is 123 Å². The maximum absolute atomic E-state index is 5.81. The van der Waals surface area contributed by atoms with Crippen LogP contribution in [0.15, 0.2) is 18.2 Å². The average Bonchev–Trinajstić information content (AvgIpc) is 2.34. The summed E-state index contributed by atoms with van der Waals surface area (Å²) in [5.41, 5.74) is 5.69. The standard InChI is InChI=1S/C18H27Cl/c1-12(2)15-10-17(13(3)4)16(8-7-9-19)18(11-15)14(5)6/h7-8,10-14H,9H2,1-6H3. The Morgan fingerprint density at radius 1 is 0.895 bits per heavy atom. The van der Waals surface area contributed by atoms with Crippen LogP contribution in [0, 0.1) is 0 Å². The summed E-state index contributed by atoms with van der Waals surface area (Å²) in [5.74, 6) is 2.21. The lowest BCUT2D eigenvalue weighted by atomic mass is 9.84. The Morgan fingerprint density at radius 3 is 1.68 bits per heavy atom. The lowest BCUT2D eigenvalue weighted by Gasteiger charge is -2.21. The molecule has 0 saturated carbocycles. The highest BCUT2D eigenvalue weighted by Crippen LogP contribution is 2.32. The molecule has 0 heterocycles. The highest BCUT2D eigenvalue weighted by Gasteiger charge is 2.15. The Balaban J connectivity index is 3.51. The first-order chi connectivity index (χ1) is 8.88. The molecule has 1 aromatic carbocycles. The molecule has 0 spiro atoms. The van der Waals surface area contributed by atoms with E-state index < -0.39 is 0 Å². The van der Waals surface area contributed by atoms with E-state index in [1.807, 2.05) is 6.08 Å². The molecule has 0 fully saturated rings. The van der Waals surface area contributed by atoms with Gasteiger partial charge in [-0.2, -0.15) is 0 Å². The van der Waals surface area contributed by atoms with Crippen molar-refractivity contribution in [3.05, 3.63) is 40.5 Å². The van der Waals surface area contributed by atoms with E-state index in [9.17, 15) is 0 Å². The summed E-state index contributed by atoms with van der Waals surface area (Å²) in [6.45, 7) is 13.6. The summed E-state index contributed by atoms with van der Waals surface area (Å²) in [6.07, 6.45) is 4.24. The van der Waals surface area contributed by atoms with Crippen LogP contribution < -0.4 is 0 Å². The van der Waals surface area contributed by atoms with Crippen molar-refractivity contribution in [1.29, 1.82) is 0 Å². The van der Waals surface area contributed by atoms with Gasteiger partial charge in [-0.15, -0.1) is 11.6 Å². The van der Waals surface area contributed by atoms with Gasteiger partial charge in [0.15, 0.2) is 0 Å². The monoisotopic (exact) mass is 278 g/mol. The average molecular weight is 279 g/mol. The van der Waals surface area contributed by atoms with Crippen LogP contribution >= 0.6 is 11.6 Å². The van der Waals surface area contributed by atoms with Crippen molar-refractivity contribution in [2.24, 2.45) is 0 Å². The first-order valence-electron chi connectivity index (χ1n) is 7.28. The van der Waals surface area contributed by atoms with E-state index in [0.717, 1.165) is 0 Å². The second-order valence-electron chi connectivity index (χ2n) is 6.13. The molecular formula is C18H27Cl. The minimum absolute atomic E-state index is 0.533. The first kappa shape index (κ1) is 16.3. The fourth-order valence-electron chi connectivity index (χ4n) is 2.37. The smallest absolute Gasteiger partial charge is 0.0407 e. The molecule has 0 aromatic heterocycles. The normalized spacial score (nSPS) is 12.3. The summed E-state index contributed by atoms with van der Waals surface area (Å²) in [7, 11) is 0. The molecule has 0 unspecified atom stereocenters. The maximum atomic E-state index is 5.81. The van der Waals surface area contributed by atoms with Gasteiger partial charge < -0.3 is 0 Å². The van der Waals surface area contributed by atoms with Gasteiger partial charge in [0.1, 0.15) is 0 Å². The summed E-state index contributed by atoms with van der Waals surface area (Å²) in [5, 5.41) is 0. The molecule has 0 N–H and O–H groups in total. The van der Waals surface area contributed by atoms with Gasteiger partial charge in [0.2, 0.25) is 0 Å². The Hall–Kier alpha value is -0.750. The zero-order chi connectivity index (χ0) is 14.6. The molecule has 1 rings (SSSR count). The zero-order valence-corrected chi connectivity index (χ0v) is 13.9. The van der Waals surface area contributed by atoms with Gasteiger partial charge in [0, 0.05) is 5.88 Å². The Morgan fingerprint density at radius 2 is 1.37 bits per heavy atom. The van der Waals surface area contributed by atoms with Crippen molar-refractivity contribution in [2.45, 2.75) is 59.3 Å². The Kier molecular flexibility index (Phi) is 6.13. The molecule has 1 aromatic rings. The number of hydrogen-bond acceptors (Lipinski definition) is 0. The highest BCUT2D eigenvalue weighted by molar-refractivity contribution is 6.19. The van der Waals surface area contributed by atoms with Crippen molar-refractivity contribution in [2.75, 3.05) is 5.88 Å². The minimum Gasteiger partial charge on any atom is -0.122 e. The number of allylic oxidation sites excluding steroid dienone is 1. The van der Waals surface area contributed by atoms with Crippen molar-refractivity contribution in [3.8, 4) is 0 Å². The van der Waals surface area contributed by atoms with Gasteiger partial charge in [-0.25, -0.2) is 0 Å². The SMILES string of the molecule is CC(C)c1cc(C(C)C)c(C=CCCl)c(C(C)C)c1. The number of alkyl halides is 1. The fourth-order valence-corrected chi connectivity index (χ4v) is 2.46. The molecule has 0 atom stereocenters. The van der Waals surface area contributed by atoms with Gasteiger partial charge in [-0.05, 0) is 40.0 Å². The highest BCUT2D eigenvalue weighted by atomic mass is 35.5. The lowest BCUT2D eigenvalue weighted by Crippen LogP contribution is -2.03. The predicted molar refractivity (Wildman–Crippen MR) is 88.5 cm³/mol. The Bertz CT molecular complexity index is 410. The van der Waals surface area contributed by atoms with Crippen LogP contribution in [0.3, 0.4) is 0 Å². The van der Waals surface area contributed by atoms with Crippen LogP contribution in [0.5, 0.6) is 0 Å². The van der Waals surface area contributed by atoms with Crippen molar-refractivity contribution in [3.63, 3.8) is 0 Å². The molecule has 0 bridgehead atoms. The molecule has 0 amide bonds. The van der Waals surface area contributed by atoms with E-state index in [-0.39, 0.29) is 0 Å². The van der Waals surface area contributed by atoms with E-state index in [0.29, 0.717) is 23.6 Å². The van der Waals surface area contributed by atoms with E-state index in [2.05, 4.69) is 59.8 Å². The van der Waals surface area contributed by atoms with Crippen molar-refractivity contribution < 1.29 is 0 Å². The van der Waals surface area contributed by atoms with Gasteiger partial charge in [0.05, 0.1) is 0 Å². The van der Waals surface area contributed by atoms with Crippen LogP contribution in [0.2, 0.25) is 0 Å². The third kappa shape index (κ3) is 4.11. The van der Waals surface area contributed by atoms with E-state index >= 15 is 0 Å². The molecule has 1 heteroatoms. The second-order valence-corrected chi connectivity index (χ2v) is 6.44. The third-order valence-corrected chi connectivity index (χ3v) is 3.73. The van der Waals surface area contributed by atoms with Gasteiger partial charge in [-0.3, -0.25) is 0 Å². The largest absolute Gasteiger partial charge is 0.122 e. The summed E-state index contributed by atoms with van der Waals surface area (Å²) < 4.78 is 0. The molecule has 19 heavy (non-hydrogen) atoms. The summed E-state index contributed by atoms with van der Waals surface area (Å²) in [4.78, 5) is 0. The van der Waals surface area contributed by atoms with Crippen LogP contribution in [0.1, 0.15) is 81.5 Å². The maximum Gasteiger partial charge on any atom is 0.0407 e. The summed E-state index contributed by atoms with van der Waals surface area (Å²) >= 11 is 5.81. The van der Waals surface area contributed by atoms with Gasteiger partial charge >= 0.3 is 0 Å². The fraction of sp³-hybridized carbons (Fsp3) is 0.556. The summed E-state index contributed by atoms with van der Waals surface area (Å²) in [6, 6.07) is 4.74. The van der Waals surface area contributed by atoms with Gasteiger partial charge in [-0.1, -0.05) is 65.8 Å².